The highest BCUT2D eigenvalue weighted by molar-refractivity contribution is 8.02. The van der Waals surface area contributed by atoms with E-state index in [4.69, 9.17) is 0 Å². The lowest BCUT2D eigenvalue weighted by Gasteiger charge is -2.43. The Kier molecular flexibility index (Phi) is 5.99. The molecule has 0 aliphatic heterocycles. The van der Waals surface area contributed by atoms with Gasteiger partial charge in [0.1, 0.15) is 0 Å². The molecule has 0 spiro atoms. The van der Waals surface area contributed by atoms with E-state index >= 15 is 0 Å². The van der Waals surface area contributed by atoms with Crippen molar-refractivity contribution >= 4 is 17.5 Å². The Morgan fingerprint density at radius 2 is 1.25 bits per heavy atom. The average Bonchev–Trinajstić information content (AvgIpc) is 2.05. The molecular formula is C17H35NOS. The molecule has 0 aromatic heterocycles. The van der Waals surface area contributed by atoms with Crippen molar-refractivity contribution in [2.45, 2.75) is 97.2 Å². The number of thioether (sulfide) groups is 1. The molecular weight excluding hydrogens is 266 g/mol. The average molecular weight is 302 g/mol. The van der Waals surface area contributed by atoms with Gasteiger partial charge in [-0.2, -0.15) is 0 Å². The summed E-state index contributed by atoms with van der Waals surface area (Å²) >= 11 is 1.87. The van der Waals surface area contributed by atoms with E-state index in [1.807, 2.05) is 32.5 Å². The van der Waals surface area contributed by atoms with Gasteiger partial charge < -0.3 is 5.32 Å². The van der Waals surface area contributed by atoms with E-state index in [-0.39, 0.29) is 32.3 Å². The van der Waals surface area contributed by atoms with Crippen molar-refractivity contribution in [2.75, 3.05) is 0 Å². The molecule has 0 heterocycles. The maximum Gasteiger partial charge on any atom is 0.156 e. The first-order chi connectivity index (χ1) is 8.46. The van der Waals surface area contributed by atoms with Gasteiger partial charge >= 0.3 is 0 Å². The summed E-state index contributed by atoms with van der Waals surface area (Å²) in [5.41, 5.74) is -0.417. The fourth-order valence-electron chi connectivity index (χ4n) is 2.27. The second-order valence-electron chi connectivity index (χ2n) is 9.26. The van der Waals surface area contributed by atoms with Gasteiger partial charge in [0.25, 0.3) is 0 Å². The van der Waals surface area contributed by atoms with Crippen LogP contribution in [0.3, 0.4) is 0 Å². The predicted octanol–water partition coefficient (Wildman–Crippen LogP) is 4.67. The Morgan fingerprint density at radius 1 is 0.850 bits per heavy atom. The van der Waals surface area contributed by atoms with Crippen LogP contribution in [0.4, 0.5) is 0 Å². The van der Waals surface area contributed by atoms with Crippen molar-refractivity contribution in [3.05, 3.63) is 0 Å². The molecule has 0 aromatic rings. The minimum Gasteiger partial charge on any atom is -0.302 e. The number of Topliss-reactive ketones (excluding diaryl/α,β-unsaturated/α-hetero) is 1. The van der Waals surface area contributed by atoms with Crippen LogP contribution in [0.1, 0.15) is 76.2 Å². The molecule has 0 aromatic carbocycles. The SMILES string of the molecule is CC(C)(C)N[C@@H](C(=O)C(C)(C)C)C(C)(C)SC(C)(C)C. The topological polar surface area (TPSA) is 29.1 Å². The summed E-state index contributed by atoms with van der Waals surface area (Å²) in [6, 6.07) is -0.160. The smallest absolute Gasteiger partial charge is 0.156 e. The molecule has 120 valence electrons. The first-order valence-electron chi connectivity index (χ1n) is 7.48. The normalized spacial score (nSPS) is 16.1. The van der Waals surface area contributed by atoms with Crippen molar-refractivity contribution in [3.8, 4) is 0 Å². The third-order valence-corrected chi connectivity index (χ3v) is 4.22. The second kappa shape index (κ2) is 6.00. The summed E-state index contributed by atoms with van der Waals surface area (Å²) in [5, 5.41) is 3.56. The molecule has 0 bridgehead atoms. The number of rotatable bonds is 4. The molecule has 0 unspecified atom stereocenters. The number of nitrogens with one attached hydrogen (secondary N) is 1. The first-order valence-corrected chi connectivity index (χ1v) is 8.29. The van der Waals surface area contributed by atoms with Crippen LogP contribution in [-0.2, 0) is 4.79 Å². The van der Waals surface area contributed by atoms with E-state index in [9.17, 15) is 4.79 Å². The zero-order valence-corrected chi connectivity index (χ0v) is 16.2. The number of hydrogen-bond donors (Lipinski definition) is 1. The van der Waals surface area contributed by atoms with Gasteiger partial charge in [0.05, 0.1) is 6.04 Å². The molecule has 0 amide bonds. The van der Waals surface area contributed by atoms with E-state index in [2.05, 4.69) is 60.7 Å². The van der Waals surface area contributed by atoms with Gasteiger partial charge in [0, 0.05) is 20.4 Å². The Morgan fingerprint density at radius 3 is 1.50 bits per heavy atom. The van der Waals surface area contributed by atoms with Crippen LogP contribution in [0.25, 0.3) is 0 Å². The maximum atomic E-state index is 12.9. The molecule has 0 saturated heterocycles. The molecule has 0 fully saturated rings. The predicted molar refractivity (Wildman–Crippen MR) is 92.6 cm³/mol. The molecule has 0 aliphatic carbocycles. The molecule has 0 saturated carbocycles. The first kappa shape index (κ1) is 20.0. The van der Waals surface area contributed by atoms with Gasteiger partial charge in [0.2, 0.25) is 0 Å². The van der Waals surface area contributed by atoms with Crippen molar-refractivity contribution < 1.29 is 4.79 Å². The number of carbonyl (C=O) groups excluding carboxylic acids is 1. The highest BCUT2D eigenvalue weighted by Crippen LogP contribution is 2.40. The molecule has 0 rings (SSSR count). The summed E-state index contributed by atoms with van der Waals surface area (Å²) in [4.78, 5) is 12.9. The molecule has 2 nitrogen and oxygen atoms in total. The highest BCUT2D eigenvalue weighted by atomic mass is 32.2. The van der Waals surface area contributed by atoms with Crippen LogP contribution in [-0.4, -0.2) is 26.9 Å². The lowest BCUT2D eigenvalue weighted by molar-refractivity contribution is -0.129. The van der Waals surface area contributed by atoms with Gasteiger partial charge in [-0.05, 0) is 34.6 Å². The van der Waals surface area contributed by atoms with E-state index in [1.165, 1.54) is 0 Å². The number of ketones is 1. The van der Waals surface area contributed by atoms with Crippen LogP contribution < -0.4 is 5.32 Å². The standard InChI is InChI=1S/C17H35NOS/c1-14(2,3)13(19)12(18-15(4,5)6)17(10,11)20-16(7,8)9/h12,18H,1-11H3/t12-/m0/s1. The van der Waals surface area contributed by atoms with Gasteiger partial charge in [0.15, 0.2) is 5.78 Å². The largest absolute Gasteiger partial charge is 0.302 e. The number of hydrogen-bond acceptors (Lipinski definition) is 3. The van der Waals surface area contributed by atoms with Gasteiger partial charge in [-0.15, -0.1) is 11.8 Å². The fourth-order valence-corrected chi connectivity index (χ4v) is 4.13. The Balaban J connectivity index is 5.48. The summed E-state index contributed by atoms with van der Waals surface area (Å²) in [6.07, 6.45) is 0. The zero-order valence-electron chi connectivity index (χ0n) is 15.4. The van der Waals surface area contributed by atoms with Crippen molar-refractivity contribution in [2.24, 2.45) is 5.41 Å². The zero-order chi connectivity index (χ0) is 16.6. The Labute approximate surface area is 130 Å². The molecule has 3 heteroatoms. The fraction of sp³-hybridized carbons (Fsp3) is 0.941. The van der Waals surface area contributed by atoms with Crippen LogP contribution in [0, 0.1) is 5.41 Å². The molecule has 1 atom stereocenters. The lowest BCUT2D eigenvalue weighted by atomic mass is 9.81. The summed E-state index contributed by atoms with van der Waals surface area (Å²) in [7, 11) is 0. The van der Waals surface area contributed by atoms with E-state index < -0.39 is 0 Å². The lowest BCUT2D eigenvalue weighted by Crippen LogP contribution is -2.59. The number of carbonyl (C=O) groups is 1. The molecule has 20 heavy (non-hydrogen) atoms. The van der Waals surface area contributed by atoms with Crippen molar-refractivity contribution in [1.29, 1.82) is 0 Å². The molecule has 0 radical (unpaired) electrons. The minimum atomic E-state index is -0.335. The Bertz CT molecular complexity index is 339. The van der Waals surface area contributed by atoms with Crippen molar-refractivity contribution in [1.82, 2.24) is 5.32 Å². The monoisotopic (exact) mass is 301 g/mol. The summed E-state index contributed by atoms with van der Waals surface area (Å²) < 4.78 is -0.0324. The second-order valence-corrected chi connectivity index (χ2v) is 11.7. The van der Waals surface area contributed by atoms with Crippen LogP contribution in [0.5, 0.6) is 0 Å². The molecule has 1 N–H and O–H groups in total. The van der Waals surface area contributed by atoms with Crippen LogP contribution in [0.15, 0.2) is 0 Å². The van der Waals surface area contributed by atoms with Crippen LogP contribution >= 0.6 is 11.8 Å². The quantitative estimate of drug-likeness (QED) is 0.818. The van der Waals surface area contributed by atoms with Gasteiger partial charge in [-0.25, -0.2) is 0 Å². The third kappa shape index (κ3) is 7.12. The van der Waals surface area contributed by atoms with Crippen LogP contribution in [0.2, 0.25) is 0 Å². The van der Waals surface area contributed by atoms with E-state index in [0.29, 0.717) is 0 Å². The highest BCUT2D eigenvalue weighted by Gasteiger charge is 2.43. The van der Waals surface area contributed by atoms with Gasteiger partial charge in [-0.1, -0.05) is 41.5 Å². The maximum absolute atomic E-state index is 12.9. The summed E-state index contributed by atoms with van der Waals surface area (Å²) in [6.45, 7) is 23.3. The van der Waals surface area contributed by atoms with E-state index in [0.717, 1.165) is 0 Å². The summed E-state index contributed by atoms with van der Waals surface area (Å²) in [5.74, 6) is 0.286. The van der Waals surface area contributed by atoms with E-state index in [1.54, 1.807) is 0 Å². The third-order valence-electron chi connectivity index (χ3n) is 2.84. The minimum absolute atomic E-state index is 0.0821. The Hall–Kier alpha value is -0.0200. The van der Waals surface area contributed by atoms with Crippen molar-refractivity contribution in [3.63, 3.8) is 0 Å². The van der Waals surface area contributed by atoms with Gasteiger partial charge in [-0.3, -0.25) is 4.79 Å². The molecule has 0 aliphatic rings.